The normalized spacial score (nSPS) is 11.4. The smallest absolute Gasteiger partial charge is 0.390 e. The molecule has 0 unspecified atom stereocenters. The number of anilines is 2. The highest BCUT2D eigenvalue weighted by molar-refractivity contribution is 5.60. The highest BCUT2D eigenvalue weighted by Crippen LogP contribution is 2.26. The topological polar surface area (TPSA) is 38.5 Å². The predicted molar refractivity (Wildman–Crippen MR) is 66.0 cm³/mol. The minimum Gasteiger partial charge on any atom is -0.494 e. The van der Waals surface area contributed by atoms with Crippen LogP contribution in [0.2, 0.25) is 0 Å². The fourth-order valence-electron chi connectivity index (χ4n) is 1.50. The molecule has 0 aromatic heterocycles. The molecule has 2 N–H and O–H groups in total. The largest absolute Gasteiger partial charge is 0.494 e. The Morgan fingerprint density at radius 3 is 2.50 bits per heavy atom. The number of halogens is 3. The molecule has 0 fully saturated rings. The molecule has 0 aliphatic carbocycles. The summed E-state index contributed by atoms with van der Waals surface area (Å²) in [6, 6.07) is 4.94. The van der Waals surface area contributed by atoms with Crippen LogP contribution in [0, 0.1) is 0 Å². The first-order valence-electron chi connectivity index (χ1n) is 5.63. The van der Waals surface area contributed by atoms with Crippen LogP contribution in [0.25, 0.3) is 0 Å². The van der Waals surface area contributed by atoms with Gasteiger partial charge in [0.15, 0.2) is 0 Å². The zero-order valence-corrected chi connectivity index (χ0v) is 10.4. The zero-order chi connectivity index (χ0) is 13.8. The Balaban J connectivity index is 2.75. The van der Waals surface area contributed by atoms with Gasteiger partial charge in [0.05, 0.1) is 13.0 Å². The number of nitrogens with two attached hydrogens (primary N) is 1. The number of nitrogen functional groups attached to an aromatic ring is 1. The number of hydrogen-bond acceptors (Lipinski definition) is 3. The van der Waals surface area contributed by atoms with Crippen LogP contribution in [0.1, 0.15) is 13.3 Å². The minimum atomic E-state index is -4.16. The standard InChI is InChI=1S/C12H17F3N2O/c1-3-18-11-7-9(16)6-10(8-11)17(2)5-4-12(13,14)15/h6-8H,3-5,16H2,1-2H3. The molecule has 0 aliphatic heterocycles. The Labute approximate surface area is 104 Å². The summed E-state index contributed by atoms with van der Waals surface area (Å²) in [7, 11) is 1.59. The third-order valence-electron chi connectivity index (χ3n) is 2.40. The van der Waals surface area contributed by atoms with Crippen molar-refractivity contribution in [2.24, 2.45) is 0 Å². The fraction of sp³-hybridized carbons (Fsp3) is 0.500. The van der Waals surface area contributed by atoms with Crippen molar-refractivity contribution in [3.63, 3.8) is 0 Å². The maximum Gasteiger partial charge on any atom is 0.390 e. The summed E-state index contributed by atoms with van der Waals surface area (Å²) >= 11 is 0. The molecule has 6 heteroatoms. The first kappa shape index (κ1) is 14.5. The molecule has 0 saturated heterocycles. The number of alkyl halides is 3. The molecule has 0 atom stereocenters. The second-order valence-corrected chi connectivity index (χ2v) is 3.98. The van der Waals surface area contributed by atoms with Crippen LogP contribution in [0.15, 0.2) is 18.2 Å². The predicted octanol–water partition coefficient (Wildman–Crippen LogP) is 3.06. The van der Waals surface area contributed by atoms with Crippen molar-refractivity contribution in [3.8, 4) is 5.75 Å². The van der Waals surface area contributed by atoms with Crippen molar-refractivity contribution >= 4 is 11.4 Å². The number of hydrogen-bond donors (Lipinski definition) is 1. The third-order valence-corrected chi connectivity index (χ3v) is 2.40. The van der Waals surface area contributed by atoms with Gasteiger partial charge in [-0.1, -0.05) is 0 Å². The Morgan fingerprint density at radius 2 is 1.94 bits per heavy atom. The van der Waals surface area contributed by atoms with E-state index in [2.05, 4.69) is 0 Å². The fourth-order valence-corrected chi connectivity index (χ4v) is 1.50. The Kier molecular flexibility index (Phi) is 4.69. The molecule has 0 radical (unpaired) electrons. The van der Waals surface area contributed by atoms with E-state index in [9.17, 15) is 13.2 Å². The van der Waals surface area contributed by atoms with Crippen molar-refractivity contribution in [1.29, 1.82) is 0 Å². The third kappa shape index (κ3) is 4.73. The van der Waals surface area contributed by atoms with Gasteiger partial charge in [0.1, 0.15) is 5.75 Å². The zero-order valence-electron chi connectivity index (χ0n) is 10.4. The molecular formula is C12H17F3N2O. The molecule has 0 amide bonds. The summed E-state index contributed by atoms with van der Waals surface area (Å²) in [5.74, 6) is 0.561. The highest BCUT2D eigenvalue weighted by atomic mass is 19.4. The van der Waals surface area contributed by atoms with Gasteiger partial charge < -0.3 is 15.4 Å². The molecule has 102 valence electrons. The van der Waals surface area contributed by atoms with E-state index in [0.717, 1.165) is 0 Å². The van der Waals surface area contributed by atoms with Crippen LogP contribution in [0.4, 0.5) is 24.5 Å². The summed E-state index contributed by atoms with van der Waals surface area (Å²) in [5.41, 5.74) is 6.76. The van der Waals surface area contributed by atoms with Crippen LogP contribution in [0.3, 0.4) is 0 Å². The molecule has 1 aromatic rings. The van der Waals surface area contributed by atoms with E-state index in [-0.39, 0.29) is 6.54 Å². The summed E-state index contributed by atoms with van der Waals surface area (Å²) in [5, 5.41) is 0. The molecule has 0 bridgehead atoms. The summed E-state index contributed by atoms with van der Waals surface area (Å²) in [6.45, 7) is 2.20. The molecule has 0 saturated carbocycles. The first-order valence-corrected chi connectivity index (χ1v) is 5.63. The van der Waals surface area contributed by atoms with Crippen LogP contribution in [-0.4, -0.2) is 26.4 Å². The van der Waals surface area contributed by atoms with E-state index < -0.39 is 12.6 Å². The van der Waals surface area contributed by atoms with Gasteiger partial charge in [-0.05, 0) is 13.0 Å². The van der Waals surface area contributed by atoms with Crippen LogP contribution < -0.4 is 15.4 Å². The summed E-state index contributed by atoms with van der Waals surface area (Å²) in [4.78, 5) is 1.51. The van der Waals surface area contributed by atoms with Gasteiger partial charge in [-0.2, -0.15) is 13.2 Å². The number of nitrogens with zero attached hydrogens (tertiary/aromatic N) is 1. The van der Waals surface area contributed by atoms with E-state index >= 15 is 0 Å². The average Bonchev–Trinajstić information content (AvgIpc) is 2.24. The highest BCUT2D eigenvalue weighted by Gasteiger charge is 2.27. The second-order valence-electron chi connectivity index (χ2n) is 3.98. The van der Waals surface area contributed by atoms with Crippen molar-refractivity contribution < 1.29 is 17.9 Å². The lowest BCUT2D eigenvalue weighted by Crippen LogP contribution is -2.24. The van der Waals surface area contributed by atoms with E-state index in [1.54, 1.807) is 25.2 Å². The lowest BCUT2D eigenvalue weighted by Gasteiger charge is -2.21. The molecular weight excluding hydrogens is 245 g/mol. The molecule has 0 spiro atoms. The van der Waals surface area contributed by atoms with Crippen molar-refractivity contribution in [2.75, 3.05) is 30.8 Å². The Morgan fingerprint density at radius 1 is 1.28 bits per heavy atom. The van der Waals surface area contributed by atoms with Gasteiger partial charge in [-0.15, -0.1) is 0 Å². The van der Waals surface area contributed by atoms with Crippen molar-refractivity contribution in [1.82, 2.24) is 0 Å². The maximum atomic E-state index is 12.1. The quantitative estimate of drug-likeness (QED) is 0.829. The number of rotatable bonds is 5. The van der Waals surface area contributed by atoms with Gasteiger partial charge in [-0.25, -0.2) is 0 Å². The summed E-state index contributed by atoms with van der Waals surface area (Å²) in [6.07, 6.45) is -5.01. The molecule has 18 heavy (non-hydrogen) atoms. The second kappa shape index (κ2) is 5.84. The lowest BCUT2D eigenvalue weighted by molar-refractivity contribution is -0.132. The van der Waals surface area contributed by atoms with Gasteiger partial charge in [0, 0.05) is 37.1 Å². The van der Waals surface area contributed by atoms with Crippen LogP contribution >= 0.6 is 0 Å². The van der Waals surface area contributed by atoms with E-state index in [1.165, 1.54) is 4.90 Å². The van der Waals surface area contributed by atoms with Crippen molar-refractivity contribution in [2.45, 2.75) is 19.5 Å². The monoisotopic (exact) mass is 262 g/mol. The van der Waals surface area contributed by atoms with Gasteiger partial charge in [0.2, 0.25) is 0 Å². The lowest BCUT2D eigenvalue weighted by atomic mass is 10.2. The number of ether oxygens (including phenoxy) is 1. The van der Waals surface area contributed by atoms with E-state index in [0.29, 0.717) is 23.7 Å². The molecule has 1 rings (SSSR count). The Hall–Kier alpha value is -1.59. The number of benzene rings is 1. The van der Waals surface area contributed by atoms with Crippen LogP contribution in [-0.2, 0) is 0 Å². The summed E-state index contributed by atoms with van der Waals surface area (Å²) < 4.78 is 41.7. The average molecular weight is 262 g/mol. The van der Waals surface area contributed by atoms with E-state index in [1.807, 2.05) is 6.92 Å². The molecule has 1 aromatic carbocycles. The first-order chi connectivity index (χ1) is 8.31. The van der Waals surface area contributed by atoms with E-state index in [4.69, 9.17) is 10.5 Å². The SMILES string of the molecule is CCOc1cc(N)cc(N(C)CCC(F)(F)F)c1. The molecule has 3 nitrogen and oxygen atoms in total. The van der Waals surface area contributed by atoms with Gasteiger partial charge in [-0.3, -0.25) is 0 Å². The van der Waals surface area contributed by atoms with Gasteiger partial charge >= 0.3 is 6.18 Å². The van der Waals surface area contributed by atoms with Crippen molar-refractivity contribution in [3.05, 3.63) is 18.2 Å². The maximum absolute atomic E-state index is 12.1. The van der Waals surface area contributed by atoms with Gasteiger partial charge in [0.25, 0.3) is 0 Å². The molecule has 0 aliphatic rings. The molecule has 0 heterocycles. The Bertz CT molecular complexity index is 393. The van der Waals surface area contributed by atoms with Crippen LogP contribution in [0.5, 0.6) is 5.75 Å². The minimum absolute atomic E-state index is 0.113.